The number of aromatic carboxylic acids is 1. The molecule has 11 nitrogen and oxygen atoms in total. The summed E-state index contributed by atoms with van der Waals surface area (Å²) in [7, 11) is 0.360. The van der Waals surface area contributed by atoms with Crippen molar-refractivity contribution in [3.63, 3.8) is 0 Å². The van der Waals surface area contributed by atoms with Gasteiger partial charge in [-0.25, -0.2) is 27.9 Å². The third-order valence-corrected chi connectivity index (χ3v) is 8.48. The molecule has 5 rings (SSSR count). The van der Waals surface area contributed by atoms with Crippen LogP contribution in [-0.4, -0.2) is 55.7 Å². The number of ether oxygens (including phenoxy) is 2. The van der Waals surface area contributed by atoms with E-state index in [0.29, 0.717) is 33.6 Å². The van der Waals surface area contributed by atoms with E-state index < -0.39 is 16.0 Å². The number of aromatic nitrogens is 3. The summed E-state index contributed by atoms with van der Waals surface area (Å²) in [6.45, 7) is 0. The molecule has 12 heteroatoms. The average Bonchev–Trinajstić information content (AvgIpc) is 3.51. The molecule has 0 aliphatic heterocycles. The second-order valence-electron chi connectivity index (χ2n) is 9.49. The van der Waals surface area contributed by atoms with E-state index in [0.717, 1.165) is 31.2 Å². The molecule has 2 heterocycles. The van der Waals surface area contributed by atoms with Crippen LogP contribution in [0.15, 0.2) is 53.6 Å². The lowest BCUT2D eigenvalue weighted by Gasteiger charge is -2.16. The van der Waals surface area contributed by atoms with Crippen LogP contribution in [0.1, 0.15) is 47.5 Å². The fourth-order valence-electron chi connectivity index (χ4n) is 5.00. The van der Waals surface area contributed by atoms with Crippen LogP contribution in [0.2, 0.25) is 0 Å². The molecule has 3 N–H and O–H groups in total. The Labute approximate surface area is 231 Å². The Kier molecular flexibility index (Phi) is 7.55. The minimum atomic E-state index is -3.92. The summed E-state index contributed by atoms with van der Waals surface area (Å²) in [4.78, 5) is 24.9. The first kappa shape index (κ1) is 27.3. The molecule has 1 aliphatic rings. The lowest BCUT2D eigenvalue weighted by atomic mass is 9.95. The first-order valence-corrected chi connectivity index (χ1v) is 14.2. The smallest absolute Gasteiger partial charge is 0.335 e. The van der Waals surface area contributed by atoms with Crippen molar-refractivity contribution in [3.8, 4) is 23.0 Å². The van der Waals surface area contributed by atoms with Crippen molar-refractivity contribution >= 4 is 38.4 Å². The molecule has 0 amide bonds. The van der Waals surface area contributed by atoms with Crippen LogP contribution in [-0.2, 0) is 10.0 Å². The van der Waals surface area contributed by atoms with Gasteiger partial charge in [-0.2, -0.15) is 4.98 Å². The Morgan fingerprint density at radius 2 is 1.80 bits per heavy atom. The number of anilines is 2. The van der Waals surface area contributed by atoms with Crippen molar-refractivity contribution in [2.24, 2.45) is 0 Å². The van der Waals surface area contributed by atoms with Crippen LogP contribution in [0.4, 0.5) is 11.5 Å². The first-order valence-electron chi connectivity index (χ1n) is 12.7. The molecule has 0 radical (unpaired) electrons. The normalized spacial score (nSPS) is 13.9. The number of rotatable bonds is 9. The summed E-state index contributed by atoms with van der Waals surface area (Å²) in [6.07, 6.45) is 5.73. The number of pyridine rings is 1. The Hall–Kier alpha value is -4.29. The molecule has 1 fully saturated rings. The van der Waals surface area contributed by atoms with Gasteiger partial charge in [0.25, 0.3) is 0 Å². The first-order chi connectivity index (χ1) is 19.2. The highest BCUT2D eigenvalue weighted by Gasteiger charge is 2.23. The maximum absolute atomic E-state index is 13.0. The number of hydrogen-bond donors (Lipinski definition) is 3. The van der Waals surface area contributed by atoms with Crippen molar-refractivity contribution in [2.45, 2.75) is 36.5 Å². The van der Waals surface area contributed by atoms with Crippen molar-refractivity contribution in [1.82, 2.24) is 19.7 Å². The monoisotopic (exact) mass is 563 g/mol. The standard InChI is InChI=1S/C28H29N5O6S/c1-29-40(36,37)24-14-18-9-8-17(22-15-30-28(39-3)33-26(22)38-2)13-23(18)32-25(24)31-21-11-19(16-6-4-5-7-16)10-20(12-21)27(34)35/h8-16,29H,4-7H2,1-3H3,(H,31,32)(H,34,35). The zero-order chi connectivity index (χ0) is 28.4. The van der Waals surface area contributed by atoms with Gasteiger partial charge in [0.2, 0.25) is 15.9 Å². The molecule has 208 valence electrons. The molecule has 0 unspecified atom stereocenters. The Morgan fingerprint density at radius 1 is 1.02 bits per heavy atom. The SMILES string of the molecule is CNS(=O)(=O)c1cc2ccc(-c3cnc(OC)nc3OC)cc2nc1Nc1cc(C(=O)O)cc(C2CCCC2)c1. The number of fused-ring (bicyclic) bond motifs is 1. The molecule has 0 bridgehead atoms. The van der Waals surface area contributed by atoms with E-state index in [2.05, 4.69) is 25.0 Å². The van der Waals surface area contributed by atoms with E-state index in [1.807, 2.05) is 6.07 Å². The average molecular weight is 564 g/mol. The summed E-state index contributed by atoms with van der Waals surface area (Å²) in [5, 5.41) is 13.4. The number of carboxylic acid groups (broad SMARTS) is 1. The van der Waals surface area contributed by atoms with E-state index in [1.165, 1.54) is 33.4 Å². The minimum absolute atomic E-state index is 0.0660. The lowest BCUT2D eigenvalue weighted by molar-refractivity contribution is 0.0696. The minimum Gasteiger partial charge on any atom is -0.480 e. The topological polar surface area (TPSA) is 153 Å². The fraction of sp³-hybridized carbons (Fsp3) is 0.286. The van der Waals surface area contributed by atoms with E-state index in [9.17, 15) is 18.3 Å². The predicted molar refractivity (Wildman–Crippen MR) is 150 cm³/mol. The summed E-state index contributed by atoms with van der Waals surface area (Å²) in [5.41, 5.74) is 3.28. The number of nitrogens with zero attached hydrogens (tertiary/aromatic N) is 3. The maximum Gasteiger partial charge on any atom is 0.335 e. The third kappa shape index (κ3) is 5.40. The summed E-state index contributed by atoms with van der Waals surface area (Å²) < 4.78 is 38.9. The van der Waals surface area contributed by atoms with Crippen molar-refractivity contribution < 1.29 is 27.8 Å². The van der Waals surface area contributed by atoms with Crippen LogP contribution in [0, 0.1) is 0 Å². The summed E-state index contributed by atoms with van der Waals surface area (Å²) in [6, 6.07) is 12.1. The molecular formula is C28H29N5O6S. The summed E-state index contributed by atoms with van der Waals surface area (Å²) >= 11 is 0. The number of sulfonamides is 1. The Balaban J connectivity index is 1.64. The lowest BCUT2D eigenvalue weighted by Crippen LogP contribution is -2.20. The van der Waals surface area contributed by atoms with Gasteiger partial charge in [-0.1, -0.05) is 25.0 Å². The molecule has 0 atom stereocenters. The molecule has 2 aromatic carbocycles. The van der Waals surface area contributed by atoms with Gasteiger partial charge in [0.05, 0.1) is 30.9 Å². The third-order valence-electron chi connectivity index (χ3n) is 7.05. The number of benzene rings is 2. The molecule has 40 heavy (non-hydrogen) atoms. The zero-order valence-electron chi connectivity index (χ0n) is 22.3. The largest absolute Gasteiger partial charge is 0.480 e. The summed E-state index contributed by atoms with van der Waals surface area (Å²) in [5.74, 6) is -0.423. The number of nitrogens with one attached hydrogen (secondary N) is 2. The van der Waals surface area contributed by atoms with Crippen molar-refractivity contribution in [1.29, 1.82) is 0 Å². The van der Waals surface area contributed by atoms with Gasteiger partial charge in [-0.05, 0) is 67.3 Å². The predicted octanol–water partition coefficient (Wildman–Crippen LogP) is 4.72. The van der Waals surface area contributed by atoms with Crippen molar-refractivity contribution in [2.75, 3.05) is 26.6 Å². The van der Waals surface area contributed by atoms with Gasteiger partial charge in [0.1, 0.15) is 4.90 Å². The number of carbonyl (C=O) groups is 1. The highest BCUT2D eigenvalue weighted by Crippen LogP contribution is 2.37. The molecule has 0 spiro atoms. The van der Waals surface area contributed by atoms with Gasteiger partial charge in [-0.3, -0.25) is 0 Å². The second kappa shape index (κ2) is 11.1. The van der Waals surface area contributed by atoms with E-state index in [-0.39, 0.29) is 28.2 Å². The zero-order valence-corrected chi connectivity index (χ0v) is 23.1. The number of hydrogen-bond acceptors (Lipinski definition) is 9. The Morgan fingerprint density at radius 3 is 2.48 bits per heavy atom. The number of carboxylic acids is 1. The molecule has 1 aliphatic carbocycles. The highest BCUT2D eigenvalue weighted by atomic mass is 32.2. The second-order valence-corrected chi connectivity index (χ2v) is 11.3. The van der Waals surface area contributed by atoms with E-state index >= 15 is 0 Å². The van der Waals surface area contributed by atoms with E-state index in [4.69, 9.17) is 9.47 Å². The highest BCUT2D eigenvalue weighted by molar-refractivity contribution is 7.89. The quantitative estimate of drug-likeness (QED) is 0.261. The Bertz CT molecular complexity index is 1700. The van der Waals surface area contributed by atoms with Crippen LogP contribution in [0.25, 0.3) is 22.0 Å². The van der Waals surface area contributed by atoms with Gasteiger partial charge < -0.3 is 19.9 Å². The van der Waals surface area contributed by atoms with Crippen LogP contribution >= 0.6 is 0 Å². The van der Waals surface area contributed by atoms with Crippen LogP contribution in [0.5, 0.6) is 11.9 Å². The maximum atomic E-state index is 13.0. The molecular weight excluding hydrogens is 534 g/mol. The van der Waals surface area contributed by atoms with Crippen LogP contribution in [0.3, 0.4) is 0 Å². The van der Waals surface area contributed by atoms with E-state index in [1.54, 1.807) is 30.5 Å². The van der Waals surface area contributed by atoms with Gasteiger partial charge >= 0.3 is 12.0 Å². The molecule has 4 aromatic rings. The van der Waals surface area contributed by atoms with Gasteiger partial charge in [0, 0.05) is 17.3 Å². The number of methoxy groups -OCH3 is 2. The van der Waals surface area contributed by atoms with Gasteiger partial charge in [-0.15, -0.1) is 0 Å². The molecule has 1 saturated carbocycles. The molecule has 0 saturated heterocycles. The molecule has 2 aromatic heterocycles. The van der Waals surface area contributed by atoms with Gasteiger partial charge in [0.15, 0.2) is 5.82 Å². The fourth-order valence-corrected chi connectivity index (χ4v) is 5.85. The van der Waals surface area contributed by atoms with Crippen molar-refractivity contribution in [3.05, 3.63) is 59.8 Å². The van der Waals surface area contributed by atoms with Crippen LogP contribution < -0.4 is 19.5 Å².